The Bertz CT molecular complexity index is 675. The summed E-state index contributed by atoms with van der Waals surface area (Å²) >= 11 is 5.85. The lowest BCUT2D eigenvalue weighted by atomic mass is 9.87. The zero-order chi connectivity index (χ0) is 17.5. The smallest absolute Gasteiger partial charge is 0.319 e. The van der Waals surface area contributed by atoms with Crippen molar-refractivity contribution in [1.82, 2.24) is 10.6 Å². The first-order valence-electron chi connectivity index (χ1n) is 8.77. The monoisotopic (exact) mass is 357 g/mol. The quantitative estimate of drug-likeness (QED) is 0.755. The van der Waals surface area contributed by atoms with Crippen molar-refractivity contribution in [3.05, 3.63) is 65.2 Å². The lowest BCUT2D eigenvalue weighted by Gasteiger charge is -2.30. The van der Waals surface area contributed by atoms with E-state index in [0.29, 0.717) is 23.5 Å². The van der Waals surface area contributed by atoms with Gasteiger partial charge in [0.25, 0.3) is 0 Å². The van der Waals surface area contributed by atoms with Crippen molar-refractivity contribution >= 4 is 23.3 Å². The minimum Gasteiger partial charge on any atom is -0.336 e. The molecule has 2 atom stereocenters. The first-order valence-corrected chi connectivity index (χ1v) is 9.14. The Morgan fingerprint density at radius 2 is 1.88 bits per heavy atom. The average Bonchev–Trinajstić information content (AvgIpc) is 2.63. The largest absolute Gasteiger partial charge is 0.336 e. The number of piperidine rings is 1. The van der Waals surface area contributed by atoms with Gasteiger partial charge in [-0.1, -0.05) is 41.9 Å². The highest BCUT2D eigenvalue weighted by Gasteiger charge is 2.22. The van der Waals surface area contributed by atoms with Gasteiger partial charge in [0.15, 0.2) is 0 Å². The Kier molecular flexibility index (Phi) is 6.31. The molecule has 1 saturated heterocycles. The molecule has 2 aromatic carbocycles. The molecule has 1 heterocycles. The third-order valence-electron chi connectivity index (χ3n) is 4.58. The first kappa shape index (κ1) is 17.8. The number of rotatable bonds is 5. The van der Waals surface area contributed by atoms with Crippen LogP contribution in [0.4, 0.5) is 10.5 Å². The molecule has 0 aromatic heterocycles. The number of anilines is 1. The summed E-state index contributed by atoms with van der Waals surface area (Å²) < 4.78 is 0. The molecule has 5 heteroatoms. The SMILES string of the molecule is O=C(NC[C@@H]1C[C@H](Cc2ccccc2)CCN1)Nc1ccc(Cl)cc1. The molecule has 2 amide bonds. The van der Waals surface area contributed by atoms with Gasteiger partial charge in [-0.25, -0.2) is 4.79 Å². The van der Waals surface area contributed by atoms with E-state index in [-0.39, 0.29) is 6.03 Å². The summed E-state index contributed by atoms with van der Waals surface area (Å²) in [4.78, 5) is 12.0. The standard InChI is InChI=1S/C20H24ClN3O/c21-17-6-8-18(9-7-17)24-20(25)23-14-19-13-16(10-11-22-19)12-15-4-2-1-3-5-15/h1-9,16,19,22H,10-14H2,(H2,23,24,25)/t16-,19-/m0/s1. The molecule has 0 bridgehead atoms. The van der Waals surface area contributed by atoms with Crippen LogP contribution in [0.5, 0.6) is 0 Å². The van der Waals surface area contributed by atoms with E-state index in [9.17, 15) is 4.79 Å². The molecule has 0 unspecified atom stereocenters. The molecule has 0 aliphatic carbocycles. The van der Waals surface area contributed by atoms with E-state index in [1.54, 1.807) is 24.3 Å². The second-order valence-electron chi connectivity index (χ2n) is 6.57. The fourth-order valence-corrected chi connectivity index (χ4v) is 3.43. The summed E-state index contributed by atoms with van der Waals surface area (Å²) in [6.07, 6.45) is 3.37. The predicted octanol–water partition coefficient (Wildman–Crippen LogP) is 4.07. The van der Waals surface area contributed by atoms with Crippen LogP contribution in [0.25, 0.3) is 0 Å². The summed E-state index contributed by atoms with van der Waals surface area (Å²) in [6.45, 7) is 1.63. The maximum absolute atomic E-state index is 12.0. The number of halogens is 1. The number of hydrogen-bond acceptors (Lipinski definition) is 2. The highest BCUT2D eigenvalue weighted by atomic mass is 35.5. The Morgan fingerprint density at radius 3 is 2.64 bits per heavy atom. The maximum atomic E-state index is 12.0. The molecule has 25 heavy (non-hydrogen) atoms. The summed E-state index contributed by atoms with van der Waals surface area (Å²) in [5, 5.41) is 9.93. The lowest BCUT2D eigenvalue weighted by Crippen LogP contribution is -2.47. The van der Waals surface area contributed by atoms with Crippen LogP contribution >= 0.6 is 11.6 Å². The van der Waals surface area contributed by atoms with Gasteiger partial charge < -0.3 is 16.0 Å². The molecule has 4 nitrogen and oxygen atoms in total. The van der Waals surface area contributed by atoms with Gasteiger partial charge in [-0.3, -0.25) is 0 Å². The molecule has 0 spiro atoms. The second-order valence-corrected chi connectivity index (χ2v) is 7.01. The first-order chi connectivity index (χ1) is 12.2. The topological polar surface area (TPSA) is 53.2 Å². The number of amides is 2. The van der Waals surface area contributed by atoms with Crippen LogP contribution in [0.15, 0.2) is 54.6 Å². The Balaban J connectivity index is 1.43. The molecule has 3 N–H and O–H groups in total. The van der Waals surface area contributed by atoms with Crippen LogP contribution in [-0.2, 0) is 6.42 Å². The van der Waals surface area contributed by atoms with Crippen LogP contribution in [0.2, 0.25) is 5.02 Å². The van der Waals surface area contributed by atoms with E-state index in [2.05, 4.69) is 46.3 Å². The summed E-state index contributed by atoms with van der Waals surface area (Å²) in [5.41, 5.74) is 2.13. The average molecular weight is 358 g/mol. The van der Waals surface area contributed by atoms with Crippen molar-refractivity contribution in [1.29, 1.82) is 0 Å². The Labute approximate surface area is 154 Å². The van der Waals surface area contributed by atoms with Crippen LogP contribution in [-0.4, -0.2) is 25.2 Å². The van der Waals surface area contributed by atoms with Crippen molar-refractivity contribution in [3.63, 3.8) is 0 Å². The summed E-state index contributed by atoms with van der Waals surface area (Å²) in [5.74, 6) is 0.662. The molecular formula is C20H24ClN3O. The van der Waals surface area contributed by atoms with Crippen molar-refractivity contribution in [3.8, 4) is 0 Å². The van der Waals surface area contributed by atoms with Crippen LogP contribution < -0.4 is 16.0 Å². The van der Waals surface area contributed by atoms with Crippen molar-refractivity contribution in [2.75, 3.05) is 18.4 Å². The fraction of sp³-hybridized carbons (Fsp3) is 0.350. The lowest BCUT2D eigenvalue weighted by molar-refractivity contribution is 0.246. The number of carbonyl (C=O) groups excluding carboxylic acids is 1. The third-order valence-corrected chi connectivity index (χ3v) is 4.83. The molecule has 3 rings (SSSR count). The zero-order valence-corrected chi connectivity index (χ0v) is 14.9. The van der Waals surface area contributed by atoms with Gasteiger partial charge in [-0.15, -0.1) is 0 Å². The highest BCUT2D eigenvalue weighted by molar-refractivity contribution is 6.30. The van der Waals surface area contributed by atoms with Crippen molar-refractivity contribution in [2.45, 2.75) is 25.3 Å². The molecule has 0 radical (unpaired) electrons. The van der Waals surface area contributed by atoms with Gasteiger partial charge in [-0.2, -0.15) is 0 Å². The Hall–Kier alpha value is -2.04. The minimum absolute atomic E-state index is 0.186. The van der Waals surface area contributed by atoms with Crippen LogP contribution in [0.1, 0.15) is 18.4 Å². The van der Waals surface area contributed by atoms with Crippen molar-refractivity contribution < 1.29 is 4.79 Å². The number of nitrogens with one attached hydrogen (secondary N) is 3. The maximum Gasteiger partial charge on any atom is 0.319 e. The normalized spacial score (nSPS) is 20.0. The van der Waals surface area contributed by atoms with Crippen LogP contribution in [0, 0.1) is 5.92 Å². The van der Waals surface area contributed by atoms with Crippen LogP contribution in [0.3, 0.4) is 0 Å². The molecular weight excluding hydrogens is 334 g/mol. The van der Waals surface area contributed by atoms with E-state index in [0.717, 1.165) is 25.1 Å². The molecule has 1 fully saturated rings. The summed E-state index contributed by atoms with van der Waals surface area (Å²) in [7, 11) is 0. The fourth-order valence-electron chi connectivity index (χ4n) is 3.31. The van der Waals surface area contributed by atoms with Gasteiger partial charge in [0.2, 0.25) is 0 Å². The molecule has 132 valence electrons. The molecule has 1 aliphatic heterocycles. The van der Waals surface area contributed by atoms with E-state index < -0.39 is 0 Å². The number of carbonyl (C=O) groups is 1. The molecule has 0 saturated carbocycles. The summed E-state index contributed by atoms with van der Waals surface area (Å²) in [6, 6.07) is 17.8. The van der Waals surface area contributed by atoms with E-state index in [1.165, 1.54) is 12.0 Å². The van der Waals surface area contributed by atoms with Gasteiger partial charge in [-0.05, 0) is 61.6 Å². The second kappa shape index (κ2) is 8.88. The van der Waals surface area contributed by atoms with Gasteiger partial charge >= 0.3 is 6.03 Å². The number of benzene rings is 2. The Morgan fingerprint density at radius 1 is 1.12 bits per heavy atom. The van der Waals surface area contributed by atoms with Gasteiger partial charge in [0.05, 0.1) is 0 Å². The van der Waals surface area contributed by atoms with E-state index in [4.69, 9.17) is 11.6 Å². The minimum atomic E-state index is -0.186. The van der Waals surface area contributed by atoms with E-state index in [1.807, 2.05) is 0 Å². The predicted molar refractivity (Wildman–Crippen MR) is 103 cm³/mol. The van der Waals surface area contributed by atoms with Gasteiger partial charge in [0.1, 0.15) is 0 Å². The highest BCUT2D eigenvalue weighted by Crippen LogP contribution is 2.21. The van der Waals surface area contributed by atoms with E-state index >= 15 is 0 Å². The molecule has 2 aromatic rings. The van der Waals surface area contributed by atoms with Gasteiger partial charge in [0, 0.05) is 23.3 Å². The molecule has 1 aliphatic rings. The third kappa shape index (κ3) is 5.76. The number of urea groups is 1. The zero-order valence-electron chi connectivity index (χ0n) is 14.2. The van der Waals surface area contributed by atoms with Crippen molar-refractivity contribution in [2.24, 2.45) is 5.92 Å². The number of hydrogen-bond donors (Lipinski definition) is 3.